The maximum absolute atomic E-state index is 11.3. The molecule has 1 rings (SSSR count). The van der Waals surface area contributed by atoms with E-state index in [9.17, 15) is 4.79 Å². The molecule has 2 nitrogen and oxygen atoms in total. The van der Waals surface area contributed by atoms with Crippen LogP contribution < -0.4 is 0 Å². The Morgan fingerprint density at radius 1 is 1.40 bits per heavy atom. The third-order valence-corrected chi connectivity index (χ3v) is 2.43. The molecular weight excluding hydrogens is 208 g/mol. The standard InChI is InChI=1S/C12H16O2S/c1-10(11-6-3-2-4-7-11)14-12(13)8-5-9-15/h2-4,6-7,10,15H,5,8-9H2,1H3. The van der Waals surface area contributed by atoms with Crippen LogP contribution in [0.25, 0.3) is 0 Å². The Bertz CT molecular complexity index is 298. The highest BCUT2D eigenvalue weighted by atomic mass is 32.1. The van der Waals surface area contributed by atoms with Crippen molar-refractivity contribution in [3.63, 3.8) is 0 Å². The van der Waals surface area contributed by atoms with Crippen molar-refractivity contribution < 1.29 is 9.53 Å². The van der Waals surface area contributed by atoms with Crippen molar-refractivity contribution in [3.8, 4) is 0 Å². The van der Waals surface area contributed by atoms with Crippen molar-refractivity contribution >= 4 is 18.6 Å². The first-order valence-electron chi connectivity index (χ1n) is 5.09. The van der Waals surface area contributed by atoms with Crippen LogP contribution in [0.2, 0.25) is 0 Å². The molecule has 0 amide bonds. The first-order chi connectivity index (χ1) is 7.24. The van der Waals surface area contributed by atoms with Crippen LogP contribution in [0.5, 0.6) is 0 Å². The van der Waals surface area contributed by atoms with Crippen molar-refractivity contribution in [1.29, 1.82) is 0 Å². The van der Waals surface area contributed by atoms with Crippen molar-refractivity contribution in [3.05, 3.63) is 35.9 Å². The van der Waals surface area contributed by atoms with Crippen LogP contribution in [-0.2, 0) is 9.53 Å². The Hall–Kier alpha value is -0.960. The summed E-state index contributed by atoms with van der Waals surface area (Å²) in [5.74, 6) is 0.565. The van der Waals surface area contributed by atoms with Gasteiger partial charge >= 0.3 is 5.97 Å². The SMILES string of the molecule is CC(OC(=O)CCCS)c1ccccc1. The van der Waals surface area contributed by atoms with E-state index in [1.54, 1.807) is 0 Å². The van der Waals surface area contributed by atoms with E-state index in [2.05, 4.69) is 12.6 Å². The van der Waals surface area contributed by atoms with E-state index in [-0.39, 0.29) is 12.1 Å². The van der Waals surface area contributed by atoms with Gasteiger partial charge in [-0.2, -0.15) is 12.6 Å². The fourth-order valence-corrected chi connectivity index (χ4v) is 1.43. The Labute approximate surface area is 96.1 Å². The van der Waals surface area contributed by atoms with Crippen LogP contribution >= 0.6 is 12.6 Å². The Kier molecular flexibility index (Phi) is 5.26. The second kappa shape index (κ2) is 6.51. The number of rotatable bonds is 5. The molecule has 1 unspecified atom stereocenters. The molecule has 3 heteroatoms. The van der Waals surface area contributed by atoms with Crippen molar-refractivity contribution in [2.45, 2.75) is 25.9 Å². The molecule has 0 aliphatic carbocycles. The minimum atomic E-state index is -0.168. The Balaban J connectivity index is 2.42. The average molecular weight is 224 g/mol. The second-order valence-corrected chi connectivity index (χ2v) is 3.82. The molecule has 0 spiro atoms. The van der Waals surface area contributed by atoms with Crippen LogP contribution in [0.1, 0.15) is 31.4 Å². The summed E-state index contributed by atoms with van der Waals surface area (Å²) in [6.45, 7) is 1.88. The van der Waals surface area contributed by atoms with Gasteiger partial charge in [0, 0.05) is 6.42 Å². The highest BCUT2D eigenvalue weighted by Gasteiger charge is 2.10. The van der Waals surface area contributed by atoms with Crippen molar-refractivity contribution in [2.24, 2.45) is 0 Å². The molecule has 1 atom stereocenters. The Morgan fingerprint density at radius 2 is 2.07 bits per heavy atom. The van der Waals surface area contributed by atoms with E-state index in [4.69, 9.17) is 4.74 Å². The van der Waals surface area contributed by atoms with Gasteiger partial charge in [-0.1, -0.05) is 30.3 Å². The van der Waals surface area contributed by atoms with Gasteiger partial charge in [-0.15, -0.1) is 0 Å². The topological polar surface area (TPSA) is 26.3 Å². The molecule has 0 heterocycles. The van der Waals surface area contributed by atoms with Crippen LogP contribution in [0.15, 0.2) is 30.3 Å². The molecule has 0 radical (unpaired) electrons. The van der Waals surface area contributed by atoms with E-state index in [0.29, 0.717) is 6.42 Å². The summed E-state index contributed by atoms with van der Waals surface area (Å²) in [5.41, 5.74) is 1.02. The zero-order valence-corrected chi connectivity index (χ0v) is 9.74. The molecule has 0 saturated heterocycles. The van der Waals surface area contributed by atoms with Crippen LogP contribution in [0, 0.1) is 0 Å². The van der Waals surface area contributed by atoms with Gasteiger partial charge in [-0.05, 0) is 24.7 Å². The van der Waals surface area contributed by atoms with Gasteiger partial charge < -0.3 is 4.74 Å². The number of ether oxygens (including phenoxy) is 1. The summed E-state index contributed by atoms with van der Waals surface area (Å²) >= 11 is 4.05. The summed E-state index contributed by atoms with van der Waals surface area (Å²) in [6.07, 6.45) is 1.04. The number of hydrogen-bond donors (Lipinski definition) is 1. The van der Waals surface area contributed by atoms with Gasteiger partial charge in [0.15, 0.2) is 0 Å². The molecule has 0 fully saturated rings. The molecule has 1 aromatic carbocycles. The van der Waals surface area contributed by atoms with E-state index >= 15 is 0 Å². The largest absolute Gasteiger partial charge is 0.458 e. The summed E-state index contributed by atoms with van der Waals surface area (Å²) in [6, 6.07) is 9.73. The molecule has 0 saturated carbocycles. The first-order valence-corrected chi connectivity index (χ1v) is 5.72. The van der Waals surface area contributed by atoms with E-state index in [1.165, 1.54) is 0 Å². The van der Waals surface area contributed by atoms with Gasteiger partial charge in [-0.3, -0.25) is 4.79 Å². The van der Waals surface area contributed by atoms with Crippen molar-refractivity contribution in [2.75, 3.05) is 5.75 Å². The molecular formula is C12H16O2S. The molecule has 82 valence electrons. The number of hydrogen-bond acceptors (Lipinski definition) is 3. The summed E-state index contributed by atoms with van der Waals surface area (Å²) in [4.78, 5) is 11.3. The lowest BCUT2D eigenvalue weighted by Gasteiger charge is -2.13. The number of benzene rings is 1. The predicted molar refractivity (Wildman–Crippen MR) is 64.0 cm³/mol. The fraction of sp³-hybridized carbons (Fsp3) is 0.417. The highest BCUT2D eigenvalue weighted by Crippen LogP contribution is 2.16. The Morgan fingerprint density at radius 3 is 2.67 bits per heavy atom. The fourth-order valence-electron chi connectivity index (χ4n) is 1.27. The average Bonchev–Trinajstić information content (AvgIpc) is 2.27. The normalized spacial score (nSPS) is 12.1. The third-order valence-electron chi connectivity index (χ3n) is 2.12. The molecule has 0 aromatic heterocycles. The van der Waals surface area contributed by atoms with Crippen LogP contribution in [-0.4, -0.2) is 11.7 Å². The van der Waals surface area contributed by atoms with Gasteiger partial charge in [0.25, 0.3) is 0 Å². The van der Waals surface area contributed by atoms with E-state index in [0.717, 1.165) is 17.7 Å². The first kappa shape index (κ1) is 12.1. The number of carbonyl (C=O) groups excluding carboxylic acids is 1. The van der Waals surface area contributed by atoms with Gasteiger partial charge in [0.2, 0.25) is 0 Å². The highest BCUT2D eigenvalue weighted by molar-refractivity contribution is 7.80. The second-order valence-electron chi connectivity index (χ2n) is 3.37. The molecule has 15 heavy (non-hydrogen) atoms. The van der Waals surface area contributed by atoms with Gasteiger partial charge in [0.05, 0.1) is 0 Å². The maximum Gasteiger partial charge on any atom is 0.306 e. The lowest BCUT2D eigenvalue weighted by molar-refractivity contribution is -0.148. The summed E-state index contributed by atoms with van der Waals surface area (Å²) < 4.78 is 5.27. The zero-order chi connectivity index (χ0) is 11.1. The molecule has 0 aliphatic rings. The lowest BCUT2D eigenvalue weighted by Crippen LogP contribution is -2.08. The van der Waals surface area contributed by atoms with Crippen LogP contribution in [0.4, 0.5) is 0 Å². The van der Waals surface area contributed by atoms with Crippen molar-refractivity contribution in [1.82, 2.24) is 0 Å². The minimum absolute atomic E-state index is 0.152. The summed E-state index contributed by atoms with van der Waals surface area (Å²) in [5, 5.41) is 0. The molecule has 0 aliphatic heterocycles. The minimum Gasteiger partial charge on any atom is -0.458 e. The van der Waals surface area contributed by atoms with E-state index in [1.807, 2.05) is 37.3 Å². The molecule has 0 bridgehead atoms. The van der Waals surface area contributed by atoms with E-state index < -0.39 is 0 Å². The van der Waals surface area contributed by atoms with Gasteiger partial charge in [0.1, 0.15) is 6.10 Å². The number of esters is 1. The number of carbonyl (C=O) groups is 1. The maximum atomic E-state index is 11.3. The predicted octanol–water partition coefficient (Wildman–Crippen LogP) is 3.00. The summed E-state index contributed by atoms with van der Waals surface area (Å²) in [7, 11) is 0. The molecule has 1 aromatic rings. The van der Waals surface area contributed by atoms with Crippen LogP contribution in [0.3, 0.4) is 0 Å². The zero-order valence-electron chi connectivity index (χ0n) is 8.85. The number of thiol groups is 1. The molecule has 0 N–H and O–H groups in total. The monoisotopic (exact) mass is 224 g/mol. The third kappa shape index (κ3) is 4.38. The lowest BCUT2D eigenvalue weighted by atomic mass is 10.1. The van der Waals surface area contributed by atoms with Gasteiger partial charge in [-0.25, -0.2) is 0 Å². The smallest absolute Gasteiger partial charge is 0.306 e. The quantitative estimate of drug-likeness (QED) is 0.614.